The van der Waals surface area contributed by atoms with Crippen molar-refractivity contribution < 1.29 is 82.6 Å². The van der Waals surface area contributed by atoms with Crippen LogP contribution < -0.4 is 0 Å². The standard InChI is InChI=1S/C29H39O6.W.Y/c1-6-8-26-27(30)33-25-14-24(35-28(16-25)15-21(4)22(5)34-28)12-11-20(3)13-19(2)9-7-10-23-17-32-18-29(23,26)31;;/h7-11,13,18-19,21-22,24-26,31H,12,14-17H2,1-5H3;;/q-3;;/b9-7+,20-11+,23-10+;;. The number of ether oxygens (including phenoxy) is 4. The Kier molecular flexibility index (Phi) is 12.6. The fourth-order valence-electron chi connectivity index (χ4n) is 5.61. The van der Waals surface area contributed by atoms with Crippen LogP contribution in [0, 0.1) is 36.9 Å². The summed E-state index contributed by atoms with van der Waals surface area (Å²) in [7, 11) is 0. The van der Waals surface area contributed by atoms with E-state index >= 15 is 0 Å². The Labute approximate surface area is 261 Å². The smallest absolute Gasteiger partial charge is 0.310 e. The third-order valence-electron chi connectivity index (χ3n) is 7.58. The second-order valence-corrected chi connectivity index (χ2v) is 10.6. The van der Waals surface area contributed by atoms with Gasteiger partial charge in [-0.25, -0.2) is 18.1 Å². The number of rotatable bonds is 1. The van der Waals surface area contributed by atoms with E-state index in [0.717, 1.165) is 6.42 Å². The molecule has 8 heteroatoms. The third kappa shape index (κ3) is 7.78. The maximum Gasteiger partial charge on any atom is 0.310 e. The van der Waals surface area contributed by atoms with Crippen molar-refractivity contribution in [3.63, 3.8) is 0 Å². The van der Waals surface area contributed by atoms with Crippen molar-refractivity contribution in [3.05, 3.63) is 60.6 Å². The molecule has 4 aliphatic heterocycles. The molecule has 0 aromatic carbocycles. The summed E-state index contributed by atoms with van der Waals surface area (Å²) in [5.74, 6) is -1.67. The molecule has 8 unspecified atom stereocenters. The van der Waals surface area contributed by atoms with E-state index in [1.807, 2.05) is 12.2 Å². The number of hydrogen-bond donors (Lipinski definition) is 1. The van der Waals surface area contributed by atoms with E-state index < -0.39 is 23.3 Å². The van der Waals surface area contributed by atoms with Gasteiger partial charge >= 0.3 is 5.97 Å². The van der Waals surface area contributed by atoms with Crippen LogP contribution in [0.5, 0.6) is 0 Å². The minimum atomic E-state index is -1.60. The predicted octanol–water partition coefficient (Wildman–Crippen LogP) is 4.80. The molecule has 37 heavy (non-hydrogen) atoms. The van der Waals surface area contributed by atoms with Gasteiger partial charge in [-0.05, 0) is 18.4 Å². The first-order valence-corrected chi connectivity index (χ1v) is 12.8. The van der Waals surface area contributed by atoms with Gasteiger partial charge in [0, 0.05) is 91.2 Å². The topological polar surface area (TPSA) is 74.2 Å². The van der Waals surface area contributed by atoms with Crippen LogP contribution in [-0.2, 0) is 77.5 Å². The molecule has 0 amide bonds. The van der Waals surface area contributed by atoms with E-state index in [-0.39, 0.29) is 84.6 Å². The van der Waals surface area contributed by atoms with Crippen molar-refractivity contribution in [2.45, 2.75) is 90.0 Å². The minimum absolute atomic E-state index is 0. The van der Waals surface area contributed by atoms with Crippen LogP contribution in [-0.4, -0.2) is 47.4 Å². The normalized spacial score (nSPS) is 44.3. The molecular weight excluding hydrogens is 717 g/mol. The number of hydrogen-bond acceptors (Lipinski definition) is 6. The molecule has 2 bridgehead atoms. The first-order chi connectivity index (χ1) is 16.6. The maximum atomic E-state index is 13.5. The molecule has 0 aromatic heterocycles. The predicted molar refractivity (Wildman–Crippen MR) is 132 cm³/mol. The Morgan fingerprint density at radius 2 is 1.95 bits per heavy atom. The van der Waals surface area contributed by atoms with Gasteiger partial charge in [-0.15, -0.1) is 0 Å². The van der Waals surface area contributed by atoms with Crippen molar-refractivity contribution >= 4 is 5.97 Å². The SMILES string of the molecule is C[C-]=CC1C(=O)OC2CC(C/C=C(\C)[CH-]C(C)/C=C/C=C3\CO[CH-]C31O)OC1(C2)CC(C)C(C)O1.[W].[Y]. The molecule has 8 atom stereocenters. The van der Waals surface area contributed by atoms with Gasteiger partial charge in [0.25, 0.3) is 0 Å². The van der Waals surface area contributed by atoms with Crippen LogP contribution in [0.1, 0.15) is 60.3 Å². The zero-order valence-corrected chi connectivity index (χ0v) is 28.3. The Bertz CT molecular complexity index is 904. The molecule has 203 valence electrons. The zero-order valence-electron chi connectivity index (χ0n) is 22.5. The molecule has 4 aliphatic rings. The summed E-state index contributed by atoms with van der Waals surface area (Å²) in [6.45, 7) is 11.7. The maximum absolute atomic E-state index is 13.5. The van der Waals surface area contributed by atoms with Gasteiger partial charge in [0.2, 0.25) is 0 Å². The molecule has 4 rings (SSSR count). The summed E-state index contributed by atoms with van der Waals surface area (Å²) >= 11 is 0. The number of carbonyl (C=O) groups is 1. The van der Waals surface area contributed by atoms with E-state index in [1.165, 1.54) is 12.2 Å². The van der Waals surface area contributed by atoms with Crippen LogP contribution in [0.2, 0.25) is 0 Å². The van der Waals surface area contributed by atoms with Gasteiger partial charge in [-0.2, -0.15) is 13.5 Å². The number of aliphatic hydroxyl groups is 1. The van der Waals surface area contributed by atoms with Gasteiger partial charge < -0.3 is 30.1 Å². The van der Waals surface area contributed by atoms with Crippen LogP contribution >= 0.6 is 0 Å². The first-order valence-electron chi connectivity index (χ1n) is 12.8. The molecule has 0 aliphatic carbocycles. The molecule has 1 N–H and O–H groups in total. The average molecular weight is 756 g/mol. The summed E-state index contributed by atoms with van der Waals surface area (Å²) in [5, 5.41) is 11.6. The monoisotopic (exact) mass is 756 g/mol. The molecule has 1 spiro atoms. The fourth-order valence-corrected chi connectivity index (χ4v) is 5.61. The summed E-state index contributed by atoms with van der Waals surface area (Å²) in [5.41, 5.74) is 0.182. The largest absolute Gasteiger partial charge is 0.546 e. The molecule has 0 aromatic rings. The summed E-state index contributed by atoms with van der Waals surface area (Å²) < 4.78 is 24.4. The third-order valence-corrected chi connectivity index (χ3v) is 7.58. The zero-order chi connectivity index (χ0) is 25.2. The van der Waals surface area contributed by atoms with Gasteiger partial charge in [-0.1, -0.05) is 51.3 Å². The van der Waals surface area contributed by atoms with E-state index in [1.54, 1.807) is 13.0 Å². The van der Waals surface area contributed by atoms with E-state index in [2.05, 4.69) is 52.3 Å². The van der Waals surface area contributed by atoms with Crippen LogP contribution in [0.15, 0.2) is 41.5 Å². The Morgan fingerprint density at radius 3 is 2.62 bits per heavy atom. The van der Waals surface area contributed by atoms with Crippen molar-refractivity contribution in [1.29, 1.82) is 0 Å². The van der Waals surface area contributed by atoms with Gasteiger partial charge in [0.05, 0.1) is 12.2 Å². The first kappa shape index (κ1) is 33.1. The number of fused-ring (bicyclic) bond motifs is 3. The fraction of sp³-hybridized carbons (Fsp3) is 0.621. The molecule has 6 nitrogen and oxygen atoms in total. The van der Waals surface area contributed by atoms with Crippen LogP contribution in [0.4, 0.5) is 0 Å². The van der Waals surface area contributed by atoms with Crippen molar-refractivity contribution in [1.82, 2.24) is 0 Å². The number of allylic oxidation sites excluding steroid dienone is 5. The summed E-state index contributed by atoms with van der Waals surface area (Å²) in [6.07, 6.45) is 16.8. The molecule has 3 saturated heterocycles. The minimum Gasteiger partial charge on any atom is -0.546 e. The van der Waals surface area contributed by atoms with Crippen LogP contribution in [0.25, 0.3) is 0 Å². The Balaban J connectivity index is 0.00000241. The molecule has 3 fully saturated rings. The molecule has 0 saturated carbocycles. The van der Waals surface area contributed by atoms with E-state index in [0.29, 0.717) is 30.8 Å². The van der Waals surface area contributed by atoms with Crippen molar-refractivity contribution in [2.24, 2.45) is 17.8 Å². The molecular formula is C29H39O6WY-3. The van der Waals surface area contributed by atoms with Gasteiger partial charge in [0.1, 0.15) is 6.10 Å². The second kappa shape index (κ2) is 14.0. The Hall–Kier alpha value is -0.0678. The second-order valence-electron chi connectivity index (χ2n) is 10.6. The van der Waals surface area contributed by atoms with E-state index in [4.69, 9.17) is 18.9 Å². The quantitative estimate of drug-likeness (QED) is 0.307. The van der Waals surface area contributed by atoms with Crippen molar-refractivity contribution in [3.8, 4) is 0 Å². The number of carbonyl (C=O) groups excluding carboxylic acids is 1. The van der Waals surface area contributed by atoms with Gasteiger partial charge in [-0.3, -0.25) is 10.9 Å². The summed E-state index contributed by atoms with van der Waals surface area (Å²) in [6, 6.07) is 0. The van der Waals surface area contributed by atoms with Crippen LogP contribution in [0.3, 0.4) is 0 Å². The van der Waals surface area contributed by atoms with E-state index in [9.17, 15) is 9.90 Å². The van der Waals surface area contributed by atoms with Gasteiger partial charge in [0.15, 0.2) is 5.79 Å². The Morgan fingerprint density at radius 1 is 1.19 bits per heavy atom. The van der Waals surface area contributed by atoms with Crippen molar-refractivity contribution in [2.75, 3.05) is 6.61 Å². The number of esters is 1. The molecule has 4 heterocycles. The average Bonchev–Trinajstić information content (AvgIpc) is 3.28. The summed E-state index contributed by atoms with van der Waals surface area (Å²) in [4.78, 5) is 13.5. The molecule has 1 radical (unpaired) electrons.